The molecular weight excluding hydrogens is 434 g/mol. The minimum absolute atomic E-state index is 0.304. The summed E-state index contributed by atoms with van der Waals surface area (Å²) in [5, 5.41) is 4.07. The van der Waals surface area contributed by atoms with Crippen LogP contribution in [0.1, 0.15) is 69.1 Å². The molecule has 30 heavy (non-hydrogen) atoms. The largest absolute Gasteiger partial charge is 0.489 e. The van der Waals surface area contributed by atoms with Gasteiger partial charge >= 0.3 is 0 Å². The van der Waals surface area contributed by atoms with Gasteiger partial charge in [-0.2, -0.15) is 0 Å². The van der Waals surface area contributed by atoms with Gasteiger partial charge < -0.3 is 10.1 Å². The fourth-order valence-corrected chi connectivity index (χ4v) is 8.09. The molecule has 160 valence electrons. The number of hydrogen-bond donors (Lipinski definition) is 1. The van der Waals surface area contributed by atoms with E-state index in [1.807, 2.05) is 0 Å². The second-order valence-electron chi connectivity index (χ2n) is 11.2. The van der Waals surface area contributed by atoms with Crippen molar-refractivity contribution in [1.82, 2.24) is 5.32 Å². The molecule has 0 aromatic heterocycles. The van der Waals surface area contributed by atoms with Crippen molar-refractivity contribution in [2.45, 2.75) is 78.0 Å². The first-order valence-corrected chi connectivity index (χ1v) is 12.3. The molecular formula is C27H34BrNO. The Bertz CT molecular complexity index is 936. The molecule has 0 amide bonds. The van der Waals surface area contributed by atoms with Gasteiger partial charge in [0.1, 0.15) is 12.4 Å². The topological polar surface area (TPSA) is 21.3 Å². The lowest BCUT2D eigenvalue weighted by atomic mass is 9.43. The molecule has 0 heterocycles. The zero-order valence-electron chi connectivity index (χ0n) is 18.6. The molecule has 2 aromatic carbocycles. The summed E-state index contributed by atoms with van der Waals surface area (Å²) in [6.45, 7) is 8.73. The van der Waals surface area contributed by atoms with Gasteiger partial charge in [0, 0.05) is 22.1 Å². The van der Waals surface area contributed by atoms with E-state index in [4.69, 9.17) is 4.74 Å². The number of aryl methyl sites for hydroxylation is 1. The average molecular weight is 468 g/mol. The van der Waals surface area contributed by atoms with Crippen LogP contribution in [0.25, 0.3) is 0 Å². The normalized spacial score (nSPS) is 34.3. The summed E-state index contributed by atoms with van der Waals surface area (Å²) in [5.74, 6) is 1.90. The van der Waals surface area contributed by atoms with Crippen molar-refractivity contribution in [3.63, 3.8) is 0 Å². The molecule has 1 N–H and O–H groups in total. The van der Waals surface area contributed by atoms with Gasteiger partial charge in [0.05, 0.1) is 0 Å². The van der Waals surface area contributed by atoms with E-state index in [0.29, 0.717) is 23.0 Å². The van der Waals surface area contributed by atoms with Gasteiger partial charge in [-0.15, -0.1) is 0 Å². The van der Waals surface area contributed by atoms with Crippen molar-refractivity contribution in [1.29, 1.82) is 0 Å². The number of rotatable bonds is 6. The Labute approximate surface area is 189 Å². The van der Waals surface area contributed by atoms with E-state index in [2.05, 4.69) is 84.5 Å². The predicted molar refractivity (Wildman–Crippen MR) is 127 cm³/mol. The fourth-order valence-electron chi connectivity index (χ4n) is 7.68. The average Bonchev–Trinajstić information content (AvgIpc) is 2.64. The quantitative estimate of drug-likeness (QED) is 0.485. The maximum atomic E-state index is 6.31. The van der Waals surface area contributed by atoms with Crippen molar-refractivity contribution in [3.05, 3.63) is 63.6 Å². The Morgan fingerprint density at radius 3 is 2.40 bits per heavy atom. The molecule has 3 heteroatoms. The Morgan fingerprint density at radius 1 is 0.967 bits per heavy atom. The summed E-state index contributed by atoms with van der Waals surface area (Å²) >= 11 is 3.67. The Kier molecular flexibility index (Phi) is 5.06. The van der Waals surface area contributed by atoms with Gasteiger partial charge in [-0.05, 0) is 91.5 Å². The van der Waals surface area contributed by atoms with E-state index < -0.39 is 0 Å². The first-order chi connectivity index (χ1) is 14.3. The summed E-state index contributed by atoms with van der Waals surface area (Å²) in [6, 6.07) is 14.9. The highest BCUT2D eigenvalue weighted by Crippen LogP contribution is 2.66. The van der Waals surface area contributed by atoms with Gasteiger partial charge in [0.15, 0.2) is 0 Å². The summed E-state index contributed by atoms with van der Waals surface area (Å²) in [7, 11) is 0. The van der Waals surface area contributed by atoms with E-state index in [0.717, 1.165) is 22.7 Å². The Hall–Kier alpha value is -1.32. The molecule has 6 rings (SSSR count). The molecule has 4 aliphatic rings. The molecule has 4 aliphatic carbocycles. The molecule has 0 saturated heterocycles. The molecule has 2 unspecified atom stereocenters. The van der Waals surface area contributed by atoms with Crippen molar-refractivity contribution in [2.75, 3.05) is 0 Å². The smallest absolute Gasteiger partial charge is 0.124 e. The molecule has 0 aliphatic heterocycles. The maximum Gasteiger partial charge on any atom is 0.124 e. The third-order valence-electron chi connectivity index (χ3n) is 7.95. The van der Waals surface area contributed by atoms with Crippen molar-refractivity contribution < 1.29 is 4.74 Å². The van der Waals surface area contributed by atoms with E-state index >= 15 is 0 Å². The lowest BCUT2D eigenvalue weighted by Crippen LogP contribution is -2.63. The first-order valence-electron chi connectivity index (χ1n) is 11.5. The molecule has 4 atom stereocenters. The van der Waals surface area contributed by atoms with Crippen LogP contribution in [0.4, 0.5) is 0 Å². The van der Waals surface area contributed by atoms with Crippen LogP contribution >= 0.6 is 15.9 Å². The van der Waals surface area contributed by atoms with E-state index in [9.17, 15) is 0 Å². The highest BCUT2D eigenvalue weighted by molar-refractivity contribution is 9.10. The molecule has 4 bridgehead atoms. The minimum Gasteiger partial charge on any atom is -0.489 e. The van der Waals surface area contributed by atoms with Crippen molar-refractivity contribution >= 4 is 15.9 Å². The molecule has 2 aromatic rings. The van der Waals surface area contributed by atoms with Crippen LogP contribution in [0.5, 0.6) is 5.75 Å². The summed E-state index contributed by atoms with van der Waals surface area (Å²) in [4.78, 5) is 0. The minimum atomic E-state index is 0.304. The molecule has 0 spiro atoms. The van der Waals surface area contributed by atoms with Gasteiger partial charge in [0.25, 0.3) is 0 Å². The Morgan fingerprint density at radius 2 is 1.70 bits per heavy atom. The van der Waals surface area contributed by atoms with E-state index in [-0.39, 0.29) is 0 Å². The third-order valence-corrected chi connectivity index (χ3v) is 8.44. The van der Waals surface area contributed by atoms with Crippen LogP contribution in [0, 0.1) is 23.7 Å². The number of nitrogens with one attached hydrogen (secondary N) is 1. The van der Waals surface area contributed by atoms with Crippen LogP contribution < -0.4 is 10.1 Å². The molecule has 0 radical (unpaired) electrons. The number of halogens is 1. The third kappa shape index (κ3) is 3.96. The second-order valence-corrected chi connectivity index (χ2v) is 12.1. The molecule has 4 saturated carbocycles. The molecule has 4 fully saturated rings. The van der Waals surface area contributed by atoms with E-state index in [1.54, 1.807) is 0 Å². The zero-order valence-corrected chi connectivity index (χ0v) is 20.1. The predicted octanol–water partition coefficient (Wildman–Crippen LogP) is 7.18. The lowest BCUT2D eigenvalue weighted by Gasteiger charge is -2.65. The number of benzene rings is 2. The summed E-state index contributed by atoms with van der Waals surface area (Å²) in [6.07, 6.45) is 8.31. The number of ether oxygens (including phenoxy) is 1. The fraction of sp³-hybridized carbons (Fsp3) is 0.556. The summed E-state index contributed by atoms with van der Waals surface area (Å²) in [5.41, 5.74) is 5.15. The number of hydrogen-bond acceptors (Lipinski definition) is 2. The van der Waals surface area contributed by atoms with Gasteiger partial charge in [-0.25, -0.2) is 0 Å². The second kappa shape index (κ2) is 7.38. The van der Waals surface area contributed by atoms with Crippen LogP contribution in [0.3, 0.4) is 0 Å². The Balaban J connectivity index is 1.33. The van der Waals surface area contributed by atoms with Crippen molar-refractivity contribution in [3.8, 4) is 5.75 Å². The maximum absolute atomic E-state index is 6.31. The lowest BCUT2D eigenvalue weighted by molar-refractivity contribution is -0.118. The van der Waals surface area contributed by atoms with Crippen LogP contribution in [-0.2, 0) is 13.2 Å². The SMILES string of the molecule is Cc1ccccc1COc1ccc(Br)cc1CNC12CC3C[C@@](C)(C1)C[C@](C)(C3)C2. The molecule has 2 nitrogen and oxygen atoms in total. The van der Waals surface area contributed by atoms with Crippen LogP contribution in [0.15, 0.2) is 46.9 Å². The highest BCUT2D eigenvalue weighted by atomic mass is 79.9. The van der Waals surface area contributed by atoms with Gasteiger partial charge in [0.2, 0.25) is 0 Å². The standard InChI is InChI=1S/C27H34BrNO/c1-19-6-4-5-7-21(19)15-30-24-9-8-23(28)10-22(24)14-29-27-13-20-11-25(2,17-27)16-26(3,12-20)18-27/h4-10,20,29H,11-18H2,1-3H3/t20?,25-,26+,27?. The van der Waals surface area contributed by atoms with Crippen LogP contribution in [-0.4, -0.2) is 5.54 Å². The van der Waals surface area contributed by atoms with Gasteiger partial charge in [-0.1, -0.05) is 54.0 Å². The van der Waals surface area contributed by atoms with Crippen molar-refractivity contribution in [2.24, 2.45) is 16.7 Å². The van der Waals surface area contributed by atoms with E-state index in [1.165, 1.54) is 55.2 Å². The van der Waals surface area contributed by atoms with Gasteiger partial charge in [-0.3, -0.25) is 0 Å². The first kappa shape index (κ1) is 20.6. The monoisotopic (exact) mass is 467 g/mol. The summed E-state index contributed by atoms with van der Waals surface area (Å²) < 4.78 is 7.43. The van der Waals surface area contributed by atoms with Crippen LogP contribution in [0.2, 0.25) is 0 Å². The highest BCUT2D eigenvalue weighted by Gasteiger charge is 2.59. The zero-order chi connectivity index (χ0) is 21.0.